The van der Waals surface area contributed by atoms with Crippen molar-refractivity contribution in [2.75, 3.05) is 7.11 Å². The number of hydrogen-bond acceptors (Lipinski definition) is 5. The number of ether oxygens (including phenoxy) is 1. The molecule has 0 aliphatic rings. The molecule has 7 heteroatoms. The summed E-state index contributed by atoms with van der Waals surface area (Å²) in [6, 6.07) is 10.9. The second-order valence-corrected chi connectivity index (χ2v) is 6.49. The highest BCUT2D eigenvalue weighted by Crippen LogP contribution is 2.22. The molecule has 2 aromatic rings. The van der Waals surface area contributed by atoms with E-state index >= 15 is 0 Å². The summed E-state index contributed by atoms with van der Waals surface area (Å²) >= 11 is 0. The molecule has 2 rings (SSSR count). The van der Waals surface area contributed by atoms with Crippen molar-refractivity contribution >= 4 is 16.0 Å². The quantitative estimate of drug-likeness (QED) is 0.760. The Hall–Kier alpha value is -2.12. The van der Waals surface area contributed by atoms with Crippen molar-refractivity contribution in [3.8, 4) is 0 Å². The predicted molar refractivity (Wildman–Crippen MR) is 79.4 cm³/mol. The van der Waals surface area contributed by atoms with Gasteiger partial charge in [-0.3, -0.25) is 4.79 Å². The van der Waals surface area contributed by atoms with Crippen LogP contribution in [0.15, 0.2) is 58.2 Å². The Morgan fingerprint density at radius 1 is 1.23 bits per heavy atom. The lowest BCUT2D eigenvalue weighted by atomic mass is 10.2. The van der Waals surface area contributed by atoms with Crippen LogP contribution in [0.4, 0.5) is 0 Å². The maximum Gasteiger partial charge on any atom is 0.323 e. The van der Waals surface area contributed by atoms with E-state index in [2.05, 4.69) is 4.74 Å². The Kier molecular flexibility index (Phi) is 4.99. The molecule has 0 N–H and O–H groups in total. The smallest absolute Gasteiger partial charge is 0.323 e. The van der Waals surface area contributed by atoms with Crippen LogP contribution >= 0.6 is 0 Å². The van der Waals surface area contributed by atoms with E-state index < -0.39 is 22.0 Å². The van der Waals surface area contributed by atoms with Crippen LogP contribution in [0.1, 0.15) is 12.5 Å². The molecule has 0 amide bonds. The summed E-state index contributed by atoms with van der Waals surface area (Å²) < 4.78 is 36.1. The highest BCUT2D eigenvalue weighted by Gasteiger charge is 2.35. The van der Waals surface area contributed by atoms with Gasteiger partial charge in [-0.1, -0.05) is 30.3 Å². The summed E-state index contributed by atoms with van der Waals surface area (Å²) in [7, 11) is -2.72. The number of furan rings is 1. The third kappa shape index (κ3) is 3.37. The fourth-order valence-corrected chi connectivity index (χ4v) is 3.49. The van der Waals surface area contributed by atoms with E-state index in [1.165, 1.54) is 32.4 Å². The molecule has 6 nitrogen and oxygen atoms in total. The Balaban J connectivity index is 2.39. The second-order valence-electron chi connectivity index (χ2n) is 4.67. The molecule has 0 saturated heterocycles. The van der Waals surface area contributed by atoms with Gasteiger partial charge in [0.05, 0.1) is 13.4 Å². The van der Waals surface area contributed by atoms with Crippen LogP contribution in [-0.4, -0.2) is 31.8 Å². The molecule has 1 aromatic heterocycles. The van der Waals surface area contributed by atoms with Gasteiger partial charge in [-0.05, 0) is 24.6 Å². The van der Waals surface area contributed by atoms with Crippen LogP contribution in [0.2, 0.25) is 0 Å². The third-order valence-corrected chi connectivity index (χ3v) is 5.02. The average molecular weight is 323 g/mol. The number of nitrogens with zero attached hydrogens (tertiary/aromatic N) is 1. The molecule has 0 bridgehead atoms. The second kappa shape index (κ2) is 6.76. The Bertz CT molecular complexity index is 710. The molecule has 0 saturated carbocycles. The zero-order valence-electron chi connectivity index (χ0n) is 12.3. The molecule has 0 spiro atoms. The van der Waals surface area contributed by atoms with Crippen molar-refractivity contribution < 1.29 is 22.4 Å². The first kappa shape index (κ1) is 16.3. The van der Waals surface area contributed by atoms with Crippen LogP contribution in [0, 0.1) is 0 Å². The molecule has 0 aliphatic heterocycles. The van der Waals surface area contributed by atoms with E-state index in [1.807, 2.05) is 6.07 Å². The number of carbonyl (C=O) groups excluding carboxylic acids is 1. The van der Waals surface area contributed by atoms with Crippen LogP contribution in [-0.2, 0) is 26.1 Å². The van der Waals surface area contributed by atoms with Gasteiger partial charge in [0.2, 0.25) is 5.09 Å². The predicted octanol–water partition coefficient (Wildman–Crippen LogP) is 2.03. The molecule has 22 heavy (non-hydrogen) atoms. The Morgan fingerprint density at radius 3 is 2.45 bits per heavy atom. The number of carbonyl (C=O) groups is 1. The van der Waals surface area contributed by atoms with Gasteiger partial charge in [-0.15, -0.1) is 0 Å². The van der Waals surface area contributed by atoms with Crippen molar-refractivity contribution in [2.45, 2.75) is 24.6 Å². The van der Waals surface area contributed by atoms with Gasteiger partial charge in [0.15, 0.2) is 0 Å². The molecule has 0 fully saturated rings. The highest BCUT2D eigenvalue weighted by atomic mass is 32.2. The van der Waals surface area contributed by atoms with Gasteiger partial charge in [0.25, 0.3) is 10.0 Å². The summed E-state index contributed by atoms with van der Waals surface area (Å²) in [6.45, 7) is 1.52. The Labute approximate surface area is 129 Å². The van der Waals surface area contributed by atoms with Crippen LogP contribution in [0.25, 0.3) is 0 Å². The van der Waals surface area contributed by atoms with E-state index in [0.29, 0.717) is 0 Å². The van der Waals surface area contributed by atoms with Crippen molar-refractivity contribution in [1.29, 1.82) is 0 Å². The summed E-state index contributed by atoms with van der Waals surface area (Å²) in [6.07, 6.45) is 1.27. The summed E-state index contributed by atoms with van der Waals surface area (Å²) in [4.78, 5) is 11.8. The summed E-state index contributed by atoms with van der Waals surface area (Å²) in [5, 5.41) is -0.209. The van der Waals surface area contributed by atoms with E-state index in [9.17, 15) is 13.2 Å². The normalized spacial score (nSPS) is 13.0. The first-order valence-corrected chi connectivity index (χ1v) is 8.08. The molecule has 0 aliphatic carbocycles. The topological polar surface area (TPSA) is 76.8 Å². The molecule has 1 aromatic carbocycles. The van der Waals surface area contributed by atoms with Gasteiger partial charge in [0, 0.05) is 6.54 Å². The monoisotopic (exact) mass is 323 g/mol. The molecule has 0 radical (unpaired) electrons. The van der Waals surface area contributed by atoms with Crippen molar-refractivity contribution in [3.63, 3.8) is 0 Å². The molecular weight excluding hydrogens is 306 g/mol. The van der Waals surface area contributed by atoms with Gasteiger partial charge >= 0.3 is 5.97 Å². The molecule has 118 valence electrons. The maximum absolute atomic E-state index is 12.7. The molecular formula is C15H17NO5S. The number of esters is 1. The van der Waals surface area contributed by atoms with E-state index in [1.54, 1.807) is 24.3 Å². The van der Waals surface area contributed by atoms with E-state index in [4.69, 9.17) is 4.42 Å². The fraction of sp³-hybridized carbons (Fsp3) is 0.267. The van der Waals surface area contributed by atoms with Crippen LogP contribution in [0.3, 0.4) is 0 Å². The van der Waals surface area contributed by atoms with Crippen molar-refractivity contribution in [1.82, 2.24) is 4.31 Å². The van der Waals surface area contributed by atoms with Gasteiger partial charge in [0.1, 0.15) is 6.04 Å². The lowest BCUT2D eigenvalue weighted by molar-refractivity contribution is -0.144. The minimum absolute atomic E-state index is 0.0418. The third-order valence-electron chi connectivity index (χ3n) is 3.21. The van der Waals surface area contributed by atoms with Gasteiger partial charge in [-0.2, -0.15) is 4.31 Å². The molecule has 0 unspecified atom stereocenters. The minimum atomic E-state index is -3.94. The largest absolute Gasteiger partial charge is 0.468 e. The van der Waals surface area contributed by atoms with Gasteiger partial charge < -0.3 is 9.15 Å². The highest BCUT2D eigenvalue weighted by molar-refractivity contribution is 7.89. The number of methoxy groups -OCH3 is 1. The summed E-state index contributed by atoms with van der Waals surface area (Å²) in [5.41, 5.74) is 0.758. The Morgan fingerprint density at radius 2 is 1.91 bits per heavy atom. The minimum Gasteiger partial charge on any atom is -0.468 e. The zero-order chi connectivity index (χ0) is 16.2. The standard InChI is InChI=1S/C15H17NO5S/c1-12(15(17)20-2)16(11-13-7-4-3-5-8-13)22(18,19)14-9-6-10-21-14/h3-10,12H,11H2,1-2H3/t12-/m0/s1. The van der Waals surface area contributed by atoms with Crippen LogP contribution < -0.4 is 0 Å². The zero-order valence-corrected chi connectivity index (χ0v) is 13.1. The first-order chi connectivity index (χ1) is 10.5. The average Bonchev–Trinajstić information content (AvgIpc) is 3.07. The SMILES string of the molecule is COC(=O)[C@H](C)N(Cc1ccccc1)S(=O)(=O)c1ccco1. The fourth-order valence-electron chi connectivity index (χ4n) is 2.01. The molecule has 1 atom stereocenters. The van der Waals surface area contributed by atoms with Crippen molar-refractivity contribution in [3.05, 3.63) is 54.3 Å². The lowest BCUT2D eigenvalue weighted by Crippen LogP contribution is -2.43. The van der Waals surface area contributed by atoms with Crippen molar-refractivity contribution in [2.24, 2.45) is 0 Å². The van der Waals surface area contributed by atoms with Crippen LogP contribution in [0.5, 0.6) is 0 Å². The number of rotatable bonds is 6. The number of benzene rings is 1. The van der Waals surface area contributed by atoms with E-state index in [-0.39, 0.29) is 11.6 Å². The molecule has 1 heterocycles. The van der Waals surface area contributed by atoms with Gasteiger partial charge in [-0.25, -0.2) is 8.42 Å². The summed E-state index contributed by atoms with van der Waals surface area (Å²) in [5.74, 6) is -0.633. The number of sulfonamides is 1. The maximum atomic E-state index is 12.7. The first-order valence-electron chi connectivity index (χ1n) is 6.64. The van der Waals surface area contributed by atoms with E-state index in [0.717, 1.165) is 9.87 Å². The lowest BCUT2D eigenvalue weighted by Gasteiger charge is -2.25. The number of hydrogen-bond donors (Lipinski definition) is 0.